The predicted molar refractivity (Wildman–Crippen MR) is 80.2 cm³/mol. The van der Waals surface area contributed by atoms with Gasteiger partial charge >= 0.3 is 0 Å². The summed E-state index contributed by atoms with van der Waals surface area (Å²) in [5.41, 5.74) is 1.20. The van der Waals surface area contributed by atoms with Crippen LogP contribution in [0.1, 0.15) is 19.4 Å². The molecule has 0 atom stereocenters. The summed E-state index contributed by atoms with van der Waals surface area (Å²) in [6, 6.07) is 6.02. The van der Waals surface area contributed by atoms with Crippen LogP contribution < -0.4 is 10.1 Å². The van der Waals surface area contributed by atoms with E-state index in [0.717, 1.165) is 49.9 Å². The molecule has 0 radical (unpaired) electrons. The summed E-state index contributed by atoms with van der Waals surface area (Å²) in [4.78, 5) is 2.48. The standard InChI is InChI=1S/C15H23ClN2O/c1-12(2)19-14-4-3-13(15(16)11-14)5-8-18-9-6-17-7-10-18/h3-4,11-12,17H,5-10H2,1-2H3. The number of halogens is 1. The fourth-order valence-corrected chi connectivity index (χ4v) is 2.55. The molecule has 1 aliphatic rings. The Morgan fingerprint density at radius 2 is 2.05 bits per heavy atom. The molecule has 1 fully saturated rings. The van der Waals surface area contributed by atoms with E-state index in [-0.39, 0.29) is 6.10 Å². The Bertz CT molecular complexity index is 403. The maximum atomic E-state index is 6.32. The third kappa shape index (κ3) is 4.68. The van der Waals surface area contributed by atoms with Crippen molar-refractivity contribution in [1.29, 1.82) is 0 Å². The summed E-state index contributed by atoms with van der Waals surface area (Å²) in [7, 11) is 0. The maximum absolute atomic E-state index is 6.32. The molecular formula is C15H23ClN2O. The lowest BCUT2D eigenvalue weighted by Gasteiger charge is -2.27. The van der Waals surface area contributed by atoms with Crippen LogP contribution in [0, 0.1) is 0 Å². The molecule has 2 rings (SSSR count). The van der Waals surface area contributed by atoms with Crippen molar-refractivity contribution < 1.29 is 4.74 Å². The van der Waals surface area contributed by atoms with Gasteiger partial charge in [0.05, 0.1) is 6.10 Å². The van der Waals surface area contributed by atoms with Crippen LogP contribution in [-0.4, -0.2) is 43.7 Å². The van der Waals surface area contributed by atoms with E-state index in [1.807, 2.05) is 26.0 Å². The number of benzene rings is 1. The van der Waals surface area contributed by atoms with Gasteiger partial charge in [0.2, 0.25) is 0 Å². The molecule has 0 bridgehead atoms. The maximum Gasteiger partial charge on any atom is 0.121 e. The smallest absolute Gasteiger partial charge is 0.121 e. The molecule has 106 valence electrons. The predicted octanol–water partition coefficient (Wildman–Crippen LogP) is 2.57. The minimum Gasteiger partial charge on any atom is -0.491 e. The van der Waals surface area contributed by atoms with Crippen molar-refractivity contribution in [3.05, 3.63) is 28.8 Å². The second-order valence-corrected chi connectivity index (χ2v) is 5.67. The minimum atomic E-state index is 0.183. The van der Waals surface area contributed by atoms with Gasteiger partial charge in [0.25, 0.3) is 0 Å². The van der Waals surface area contributed by atoms with Crippen molar-refractivity contribution in [3.8, 4) is 5.75 Å². The zero-order valence-corrected chi connectivity index (χ0v) is 12.5. The fourth-order valence-electron chi connectivity index (χ4n) is 2.29. The topological polar surface area (TPSA) is 24.5 Å². The highest BCUT2D eigenvalue weighted by atomic mass is 35.5. The molecule has 4 heteroatoms. The van der Waals surface area contributed by atoms with E-state index in [4.69, 9.17) is 16.3 Å². The van der Waals surface area contributed by atoms with E-state index in [0.29, 0.717) is 0 Å². The first-order valence-electron chi connectivity index (χ1n) is 7.03. The first-order valence-corrected chi connectivity index (χ1v) is 7.41. The van der Waals surface area contributed by atoms with E-state index >= 15 is 0 Å². The Balaban J connectivity index is 1.89. The lowest BCUT2D eigenvalue weighted by Crippen LogP contribution is -2.44. The number of hydrogen-bond donors (Lipinski definition) is 1. The zero-order valence-electron chi connectivity index (χ0n) is 11.8. The molecule has 1 aromatic carbocycles. The summed E-state index contributed by atoms with van der Waals surface area (Å²) in [5, 5.41) is 4.18. The van der Waals surface area contributed by atoms with Crippen molar-refractivity contribution in [1.82, 2.24) is 10.2 Å². The second-order valence-electron chi connectivity index (χ2n) is 5.26. The van der Waals surface area contributed by atoms with Crippen molar-refractivity contribution in [2.75, 3.05) is 32.7 Å². The van der Waals surface area contributed by atoms with Crippen LogP contribution in [0.4, 0.5) is 0 Å². The number of nitrogens with one attached hydrogen (secondary N) is 1. The summed E-state index contributed by atoms with van der Waals surface area (Å²) >= 11 is 6.32. The summed E-state index contributed by atoms with van der Waals surface area (Å²) in [6.07, 6.45) is 1.18. The summed E-state index contributed by atoms with van der Waals surface area (Å²) in [5.74, 6) is 0.853. The first-order chi connectivity index (χ1) is 9.15. The summed E-state index contributed by atoms with van der Waals surface area (Å²) < 4.78 is 5.64. The highest BCUT2D eigenvalue weighted by molar-refractivity contribution is 6.31. The molecule has 3 nitrogen and oxygen atoms in total. The molecule has 1 saturated heterocycles. The number of piperazine rings is 1. The molecule has 1 heterocycles. The first kappa shape index (κ1) is 14.6. The molecule has 0 aliphatic carbocycles. The summed E-state index contributed by atoms with van der Waals surface area (Å²) in [6.45, 7) is 9.56. The van der Waals surface area contributed by atoms with Crippen molar-refractivity contribution in [2.45, 2.75) is 26.4 Å². The Morgan fingerprint density at radius 3 is 2.68 bits per heavy atom. The van der Waals surface area contributed by atoms with Gasteiger partial charge in [-0.15, -0.1) is 0 Å². The molecule has 0 amide bonds. The highest BCUT2D eigenvalue weighted by Gasteiger charge is 2.10. The number of rotatable bonds is 5. The molecule has 0 saturated carbocycles. The lowest BCUT2D eigenvalue weighted by molar-refractivity contribution is 0.241. The normalized spacial score (nSPS) is 16.8. The van der Waals surface area contributed by atoms with Crippen LogP contribution in [0.2, 0.25) is 5.02 Å². The van der Waals surface area contributed by atoms with Gasteiger partial charge in [-0.1, -0.05) is 17.7 Å². The van der Waals surface area contributed by atoms with Crippen LogP contribution in [0.5, 0.6) is 5.75 Å². The van der Waals surface area contributed by atoms with Crippen LogP contribution in [0.25, 0.3) is 0 Å². The van der Waals surface area contributed by atoms with Gasteiger partial charge in [0, 0.05) is 37.7 Å². The monoisotopic (exact) mass is 282 g/mol. The van der Waals surface area contributed by atoms with Crippen molar-refractivity contribution in [3.63, 3.8) is 0 Å². The largest absolute Gasteiger partial charge is 0.491 e. The molecule has 0 aromatic heterocycles. The van der Waals surface area contributed by atoms with E-state index < -0.39 is 0 Å². The fraction of sp³-hybridized carbons (Fsp3) is 0.600. The van der Waals surface area contributed by atoms with Gasteiger partial charge in [0.15, 0.2) is 0 Å². The Labute approximate surface area is 120 Å². The lowest BCUT2D eigenvalue weighted by atomic mass is 10.1. The van der Waals surface area contributed by atoms with Gasteiger partial charge in [-0.05, 0) is 38.0 Å². The molecule has 0 unspecified atom stereocenters. The van der Waals surface area contributed by atoms with Crippen LogP contribution in [0.15, 0.2) is 18.2 Å². The van der Waals surface area contributed by atoms with Gasteiger partial charge < -0.3 is 15.0 Å². The number of hydrogen-bond acceptors (Lipinski definition) is 3. The van der Waals surface area contributed by atoms with Crippen LogP contribution in [0.3, 0.4) is 0 Å². The molecule has 1 N–H and O–H groups in total. The van der Waals surface area contributed by atoms with Crippen LogP contribution in [-0.2, 0) is 6.42 Å². The average Bonchev–Trinajstić information content (AvgIpc) is 2.38. The number of ether oxygens (including phenoxy) is 1. The minimum absolute atomic E-state index is 0.183. The second kappa shape index (κ2) is 7.13. The van der Waals surface area contributed by atoms with Gasteiger partial charge in [-0.25, -0.2) is 0 Å². The SMILES string of the molecule is CC(C)Oc1ccc(CCN2CCNCC2)c(Cl)c1. The molecule has 1 aliphatic heterocycles. The van der Waals surface area contributed by atoms with Gasteiger partial charge in [-0.2, -0.15) is 0 Å². The van der Waals surface area contributed by atoms with Crippen LogP contribution >= 0.6 is 11.6 Å². The Hall–Kier alpha value is -0.770. The highest BCUT2D eigenvalue weighted by Crippen LogP contribution is 2.24. The molecular weight excluding hydrogens is 260 g/mol. The Morgan fingerprint density at radius 1 is 1.32 bits per heavy atom. The van der Waals surface area contributed by atoms with E-state index in [1.54, 1.807) is 0 Å². The molecule has 0 spiro atoms. The van der Waals surface area contributed by atoms with Crippen molar-refractivity contribution >= 4 is 11.6 Å². The third-order valence-electron chi connectivity index (χ3n) is 3.30. The quantitative estimate of drug-likeness (QED) is 0.898. The van der Waals surface area contributed by atoms with Crippen molar-refractivity contribution in [2.24, 2.45) is 0 Å². The Kier molecular flexibility index (Phi) is 5.49. The third-order valence-corrected chi connectivity index (χ3v) is 3.66. The molecule has 19 heavy (non-hydrogen) atoms. The van der Waals surface area contributed by atoms with Gasteiger partial charge in [0.1, 0.15) is 5.75 Å². The van der Waals surface area contributed by atoms with E-state index in [2.05, 4.69) is 16.3 Å². The number of nitrogens with zero attached hydrogens (tertiary/aromatic N) is 1. The average molecular weight is 283 g/mol. The molecule has 1 aromatic rings. The van der Waals surface area contributed by atoms with E-state index in [1.165, 1.54) is 5.56 Å². The van der Waals surface area contributed by atoms with E-state index in [9.17, 15) is 0 Å². The van der Waals surface area contributed by atoms with Gasteiger partial charge in [-0.3, -0.25) is 0 Å². The zero-order chi connectivity index (χ0) is 13.7.